The van der Waals surface area contributed by atoms with Gasteiger partial charge in [-0.3, -0.25) is 9.00 Å². The standard InChI is InChI=1S/C14H14ClF3O3S/c1-2-8-6-10(13(22(20)21)4-3-5-13)11(14(16,17)18)7-9(8)12(15)19/h6-7H,2-5H2,1H3,(H,20,21)/p-1. The molecule has 1 aliphatic carbocycles. The van der Waals surface area contributed by atoms with Crippen LogP contribution in [0.3, 0.4) is 0 Å². The third kappa shape index (κ3) is 2.81. The number of halogens is 4. The van der Waals surface area contributed by atoms with Gasteiger partial charge in [0.25, 0.3) is 5.24 Å². The highest BCUT2D eigenvalue weighted by atomic mass is 35.5. The zero-order chi connectivity index (χ0) is 16.7. The van der Waals surface area contributed by atoms with Crippen molar-refractivity contribution in [2.24, 2.45) is 0 Å². The van der Waals surface area contributed by atoms with E-state index in [0.717, 1.165) is 0 Å². The minimum atomic E-state index is -4.76. The average Bonchev–Trinajstić information content (AvgIpc) is 2.34. The molecule has 1 aliphatic rings. The summed E-state index contributed by atoms with van der Waals surface area (Å²) in [5.41, 5.74) is -1.29. The Balaban J connectivity index is 2.77. The van der Waals surface area contributed by atoms with Gasteiger partial charge in [-0.2, -0.15) is 13.2 Å². The number of aryl methyl sites for hydroxylation is 1. The lowest BCUT2D eigenvalue weighted by Gasteiger charge is -2.45. The fourth-order valence-corrected chi connectivity index (χ4v) is 3.90. The first-order valence-electron chi connectivity index (χ1n) is 6.67. The fraction of sp³-hybridized carbons (Fsp3) is 0.500. The monoisotopic (exact) mass is 353 g/mol. The molecule has 2 rings (SSSR count). The highest BCUT2D eigenvalue weighted by molar-refractivity contribution is 7.80. The second-order valence-corrected chi connectivity index (χ2v) is 6.86. The van der Waals surface area contributed by atoms with Crippen molar-refractivity contribution < 1.29 is 26.7 Å². The lowest BCUT2D eigenvalue weighted by molar-refractivity contribution is -0.138. The number of rotatable bonds is 4. The van der Waals surface area contributed by atoms with E-state index >= 15 is 0 Å². The summed E-state index contributed by atoms with van der Waals surface area (Å²) in [5.74, 6) is 0. The van der Waals surface area contributed by atoms with Gasteiger partial charge in [0.05, 0.1) is 10.3 Å². The molecule has 0 N–H and O–H groups in total. The van der Waals surface area contributed by atoms with Gasteiger partial charge in [-0.15, -0.1) is 0 Å². The van der Waals surface area contributed by atoms with Crippen molar-refractivity contribution in [2.75, 3.05) is 0 Å². The van der Waals surface area contributed by atoms with Crippen molar-refractivity contribution in [3.63, 3.8) is 0 Å². The number of carbonyl (C=O) groups is 1. The Labute approximate surface area is 133 Å². The summed E-state index contributed by atoms with van der Waals surface area (Å²) in [6, 6.07) is 1.85. The van der Waals surface area contributed by atoms with Crippen molar-refractivity contribution in [1.82, 2.24) is 0 Å². The molecular formula is C14H13ClF3O3S-. The van der Waals surface area contributed by atoms with Gasteiger partial charge >= 0.3 is 6.18 Å². The van der Waals surface area contributed by atoms with Gasteiger partial charge in [0.1, 0.15) is 0 Å². The second kappa shape index (κ2) is 5.94. The summed E-state index contributed by atoms with van der Waals surface area (Å²) >= 11 is 2.68. The van der Waals surface area contributed by atoms with E-state index in [1.807, 2.05) is 0 Å². The summed E-state index contributed by atoms with van der Waals surface area (Å²) in [7, 11) is 0. The highest BCUT2D eigenvalue weighted by Crippen LogP contribution is 2.50. The van der Waals surface area contributed by atoms with Crippen LogP contribution in [0.5, 0.6) is 0 Å². The Kier molecular flexibility index (Phi) is 4.71. The molecule has 8 heteroatoms. The number of benzene rings is 1. The van der Waals surface area contributed by atoms with E-state index in [0.29, 0.717) is 18.1 Å². The smallest absolute Gasteiger partial charge is 0.416 e. The van der Waals surface area contributed by atoms with Gasteiger partial charge in [0.15, 0.2) is 0 Å². The van der Waals surface area contributed by atoms with Crippen molar-refractivity contribution in [3.05, 3.63) is 34.4 Å². The van der Waals surface area contributed by atoms with E-state index in [1.165, 1.54) is 6.07 Å². The van der Waals surface area contributed by atoms with Crippen LogP contribution >= 0.6 is 11.6 Å². The van der Waals surface area contributed by atoms with Gasteiger partial charge in [0.2, 0.25) is 0 Å². The normalized spacial score (nSPS) is 18.6. The molecule has 3 nitrogen and oxygen atoms in total. The molecule has 0 saturated heterocycles. The van der Waals surface area contributed by atoms with Crippen LogP contribution in [0.15, 0.2) is 12.1 Å². The van der Waals surface area contributed by atoms with Crippen LogP contribution in [0, 0.1) is 0 Å². The van der Waals surface area contributed by atoms with E-state index in [-0.39, 0.29) is 30.4 Å². The lowest BCUT2D eigenvalue weighted by atomic mass is 9.75. The average molecular weight is 354 g/mol. The van der Waals surface area contributed by atoms with E-state index < -0.39 is 32.8 Å². The van der Waals surface area contributed by atoms with Gasteiger partial charge in [0, 0.05) is 5.56 Å². The minimum Gasteiger partial charge on any atom is -0.772 e. The summed E-state index contributed by atoms with van der Waals surface area (Å²) in [6.45, 7) is 1.66. The molecule has 0 radical (unpaired) electrons. The third-order valence-corrected chi connectivity index (χ3v) is 5.58. The molecule has 1 atom stereocenters. The summed E-state index contributed by atoms with van der Waals surface area (Å²) in [6.07, 6.45) is -3.65. The predicted octanol–water partition coefficient (Wildman–Crippen LogP) is 3.91. The quantitative estimate of drug-likeness (QED) is 0.609. The maximum Gasteiger partial charge on any atom is 0.416 e. The number of alkyl halides is 3. The van der Waals surface area contributed by atoms with Crippen LogP contribution in [0.25, 0.3) is 0 Å². The molecule has 0 aliphatic heterocycles. The summed E-state index contributed by atoms with van der Waals surface area (Å²) < 4.78 is 61.5. The Hall–Kier alpha value is -0.920. The third-order valence-electron chi connectivity index (χ3n) is 4.11. The molecule has 122 valence electrons. The van der Waals surface area contributed by atoms with Gasteiger partial charge in [-0.05, 0) is 65.6 Å². The van der Waals surface area contributed by atoms with Crippen molar-refractivity contribution in [2.45, 2.75) is 43.5 Å². The van der Waals surface area contributed by atoms with Crippen molar-refractivity contribution in [1.29, 1.82) is 0 Å². The molecular weight excluding hydrogens is 341 g/mol. The Morgan fingerprint density at radius 2 is 2.00 bits per heavy atom. The van der Waals surface area contributed by atoms with Crippen molar-refractivity contribution >= 4 is 27.9 Å². The van der Waals surface area contributed by atoms with Crippen LogP contribution in [-0.2, 0) is 28.4 Å². The SMILES string of the molecule is CCc1cc(C2(S(=O)[O-])CCC2)c(C(F)(F)F)cc1C(=O)Cl. The lowest BCUT2D eigenvalue weighted by Crippen LogP contribution is -2.40. The Bertz CT molecular complexity index is 639. The second-order valence-electron chi connectivity index (χ2n) is 5.26. The molecule has 1 fully saturated rings. The first kappa shape index (κ1) is 17.4. The zero-order valence-corrected chi connectivity index (χ0v) is 13.2. The van der Waals surface area contributed by atoms with E-state index in [9.17, 15) is 26.7 Å². The maximum atomic E-state index is 13.3. The first-order valence-corrected chi connectivity index (χ1v) is 8.12. The topological polar surface area (TPSA) is 57.2 Å². The largest absolute Gasteiger partial charge is 0.772 e. The molecule has 0 amide bonds. The highest BCUT2D eigenvalue weighted by Gasteiger charge is 2.47. The van der Waals surface area contributed by atoms with Gasteiger partial charge in [-0.1, -0.05) is 13.0 Å². The molecule has 1 aromatic carbocycles. The summed E-state index contributed by atoms with van der Waals surface area (Å²) in [5, 5.41) is -0.986. The Morgan fingerprint density at radius 1 is 1.41 bits per heavy atom. The maximum absolute atomic E-state index is 13.3. The van der Waals surface area contributed by atoms with Crippen LogP contribution in [-0.4, -0.2) is 14.0 Å². The van der Waals surface area contributed by atoms with Crippen molar-refractivity contribution in [3.8, 4) is 0 Å². The van der Waals surface area contributed by atoms with Crippen LogP contribution in [0.4, 0.5) is 13.2 Å². The predicted molar refractivity (Wildman–Crippen MR) is 75.5 cm³/mol. The molecule has 0 spiro atoms. The molecule has 0 heterocycles. The van der Waals surface area contributed by atoms with Gasteiger partial charge in [-0.25, -0.2) is 0 Å². The van der Waals surface area contributed by atoms with Crippen LogP contribution in [0.1, 0.15) is 53.2 Å². The van der Waals surface area contributed by atoms with Crippen LogP contribution < -0.4 is 0 Å². The number of carbonyl (C=O) groups excluding carboxylic acids is 1. The van der Waals surface area contributed by atoms with Gasteiger partial charge < -0.3 is 4.55 Å². The molecule has 0 aromatic heterocycles. The number of hydrogen-bond acceptors (Lipinski definition) is 3. The molecule has 22 heavy (non-hydrogen) atoms. The van der Waals surface area contributed by atoms with E-state index in [4.69, 9.17) is 11.6 Å². The van der Waals surface area contributed by atoms with Crippen LogP contribution in [0.2, 0.25) is 0 Å². The van der Waals surface area contributed by atoms with E-state index in [2.05, 4.69) is 0 Å². The minimum absolute atomic E-state index is 0.142. The first-order chi connectivity index (χ1) is 10.1. The number of hydrogen-bond donors (Lipinski definition) is 0. The summed E-state index contributed by atoms with van der Waals surface area (Å²) in [4.78, 5) is 11.4. The molecule has 1 saturated carbocycles. The zero-order valence-electron chi connectivity index (χ0n) is 11.6. The van der Waals surface area contributed by atoms with E-state index in [1.54, 1.807) is 6.92 Å². The fourth-order valence-electron chi connectivity index (χ4n) is 2.76. The molecule has 1 unspecified atom stereocenters. The molecule has 1 aromatic rings. The molecule has 0 bridgehead atoms. The Morgan fingerprint density at radius 3 is 2.32 bits per heavy atom.